The van der Waals surface area contributed by atoms with Crippen LogP contribution in [0.3, 0.4) is 0 Å². The normalized spacial score (nSPS) is 10.4. The van der Waals surface area contributed by atoms with E-state index in [9.17, 15) is 14.4 Å². The largest absolute Gasteiger partial charge is 0.444 e. The molecular weight excluding hydrogens is 354 g/mol. The van der Waals surface area contributed by atoms with Gasteiger partial charge in [-0.3, -0.25) is 14.4 Å². The molecule has 0 atom stereocenters. The number of likely N-dealkylation sites (N-methyl/N-ethyl adjacent to an activating group) is 1. The third-order valence-corrected chi connectivity index (χ3v) is 3.14. The van der Waals surface area contributed by atoms with Crippen molar-refractivity contribution < 1.29 is 18.8 Å². The number of furan rings is 1. The molecule has 0 aliphatic carbocycles. The van der Waals surface area contributed by atoms with E-state index >= 15 is 0 Å². The van der Waals surface area contributed by atoms with Crippen LogP contribution in [0.5, 0.6) is 0 Å². The highest BCUT2D eigenvalue weighted by Crippen LogP contribution is 2.13. The maximum Gasteiger partial charge on any atom is 0.287 e. The number of nitrogens with zero attached hydrogens (tertiary/aromatic N) is 1. The smallest absolute Gasteiger partial charge is 0.287 e. The summed E-state index contributed by atoms with van der Waals surface area (Å²) >= 11 is 3.10. The molecule has 0 saturated carbocycles. The van der Waals surface area contributed by atoms with Gasteiger partial charge in [0.1, 0.15) is 0 Å². The maximum atomic E-state index is 12.0. The lowest BCUT2D eigenvalue weighted by atomic mass is 10.3. The Balaban J connectivity index is 2.48. The van der Waals surface area contributed by atoms with Gasteiger partial charge in [0, 0.05) is 12.6 Å². The van der Waals surface area contributed by atoms with E-state index in [2.05, 4.69) is 26.6 Å². The van der Waals surface area contributed by atoms with Gasteiger partial charge in [-0.2, -0.15) is 0 Å². The fourth-order valence-electron chi connectivity index (χ4n) is 1.71. The standard InChI is InChI=1S/C14H20BrN3O4/c1-4-18(8-12(19)17-9(2)3)13(20)7-16-14(21)10-5-6-11(15)22-10/h5-6,9H,4,7-8H2,1-3H3,(H,16,21)(H,17,19). The molecule has 0 aliphatic rings. The first-order valence-electron chi connectivity index (χ1n) is 6.94. The molecule has 0 radical (unpaired) electrons. The molecule has 3 amide bonds. The Morgan fingerprint density at radius 2 is 2.00 bits per heavy atom. The molecular formula is C14H20BrN3O4. The van der Waals surface area contributed by atoms with Crippen LogP contribution in [0.2, 0.25) is 0 Å². The zero-order valence-electron chi connectivity index (χ0n) is 12.8. The molecule has 22 heavy (non-hydrogen) atoms. The number of carbonyl (C=O) groups excluding carboxylic acids is 3. The lowest BCUT2D eigenvalue weighted by molar-refractivity contribution is -0.135. The molecule has 0 unspecified atom stereocenters. The second kappa shape index (κ2) is 8.57. The molecule has 0 spiro atoms. The van der Waals surface area contributed by atoms with Crippen molar-refractivity contribution in [3.05, 3.63) is 22.6 Å². The Morgan fingerprint density at radius 1 is 1.32 bits per heavy atom. The third kappa shape index (κ3) is 5.88. The second-order valence-corrected chi connectivity index (χ2v) is 5.70. The molecule has 1 aromatic heterocycles. The summed E-state index contributed by atoms with van der Waals surface area (Å²) in [6.45, 7) is 5.61. The van der Waals surface area contributed by atoms with Gasteiger partial charge >= 0.3 is 0 Å². The first-order chi connectivity index (χ1) is 10.3. The van der Waals surface area contributed by atoms with Crippen molar-refractivity contribution in [1.82, 2.24) is 15.5 Å². The number of hydrogen-bond donors (Lipinski definition) is 2. The van der Waals surface area contributed by atoms with E-state index in [1.807, 2.05) is 13.8 Å². The van der Waals surface area contributed by atoms with Crippen LogP contribution in [0.1, 0.15) is 31.3 Å². The Morgan fingerprint density at radius 3 is 2.50 bits per heavy atom. The summed E-state index contributed by atoms with van der Waals surface area (Å²) in [4.78, 5) is 36.8. The minimum absolute atomic E-state index is 0.0124. The van der Waals surface area contributed by atoms with Crippen molar-refractivity contribution in [2.45, 2.75) is 26.8 Å². The Labute approximate surface area is 137 Å². The fraction of sp³-hybridized carbons (Fsp3) is 0.500. The molecule has 1 rings (SSSR count). The molecule has 0 fully saturated rings. The predicted molar refractivity (Wildman–Crippen MR) is 84.3 cm³/mol. The minimum Gasteiger partial charge on any atom is -0.444 e. The van der Waals surface area contributed by atoms with E-state index < -0.39 is 5.91 Å². The summed E-state index contributed by atoms with van der Waals surface area (Å²) in [6, 6.07) is 3.10. The second-order valence-electron chi connectivity index (χ2n) is 4.92. The number of amides is 3. The van der Waals surface area contributed by atoms with Crippen LogP contribution in [0.25, 0.3) is 0 Å². The first kappa shape index (κ1) is 18.2. The lowest BCUT2D eigenvalue weighted by Crippen LogP contribution is -2.46. The summed E-state index contributed by atoms with van der Waals surface area (Å²) in [5.74, 6) is -0.936. The van der Waals surface area contributed by atoms with E-state index in [-0.39, 0.29) is 36.7 Å². The summed E-state index contributed by atoms with van der Waals surface area (Å²) < 4.78 is 5.52. The Hall–Kier alpha value is -1.83. The van der Waals surface area contributed by atoms with Gasteiger partial charge in [0.2, 0.25) is 11.8 Å². The molecule has 1 aromatic rings. The third-order valence-electron chi connectivity index (χ3n) is 2.72. The number of carbonyl (C=O) groups is 3. The van der Waals surface area contributed by atoms with Gasteiger partial charge in [-0.15, -0.1) is 0 Å². The Bertz CT molecular complexity index is 542. The first-order valence-corrected chi connectivity index (χ1v) is 7.73. The summed E-state index contributed by atoms with van der Waals surface area (Å²) in [6.07, 6.45) is 0. The maximum absolute atomic E-state index is 12.0. The van der Waals surface area contributed by atoms with Crippen LogP contribution in [-0.4, -0.2) is 48.3 Å². The highest BCUT2D eigenvalue weighted by atomic mass is 79.9. The van der Waals surface area contributed by atoms with Crippen molar-refractivity contribution in [2.24, 2.45) is 0 Å². The van der Waals surface area contributed by atoms with Gasteiger partial charge in [0.25, 0.3) is 5.91 Å². The molecule has 0 aliphatic heterocycles. The SMILES string of the molecule is CCN(CC(=O)NC(C)C)C(=O)CNC(=O)c1ccc(Br)o1. The van der Waals surface area contributed by atoms with Gasteiger partial charge in [-0.1, -0.05) is 0 Å². The number of halogens is 1. The van der Waals surface area contributed by atoms with Crippen LogP contribution < -0.4 is 10.6 Å². The number of hydrogen-bond acceptors (Lipinski definition) is 4. The molecule has 0 saturated heterocycles. The summed E-state index contributed by atoms with van der Waals surface area (Å²) in [7, 11) is 0. The zero-order chi connectivity index (χ0) is 16.7. The van der Waals surface area contributed by atoms with Gasteiger partial charge in [-0.25, -0.2) is 0 Å². The number of nitrogens with one attached hydrogen (secondary N) is 2. The highest BCUT2D eigenvalue weighted by molar-refractivity contribution is 9.10. The molecule has 1 heterocycles. The summed E-state index contributed by atoms with van der Waals surface area (Å²) in [5, 5.41) is 5.18. The molecule has 0 bridgehead atoms. The average molecular weight is 374 g/mol. The van der Waals surface area contributed by atoms with Crippen molar-refractivity contribution >= 4 is 33.7 Å². The van der Waals surface area contributed by atoms with Crippen LogP contribution >= 0.6 is 15.9 Å². The van der Waals surface area contributed by atoms with Crippen LogP contribution in [-0.2, 0) is 9.59 Å². The van der Waals surface area contributed by atoms with Gasteiger partial charge in [0.15, 0.2) is 10.4 Å². The average Bonchev–Trinajstić information content (AvgIpc) is 2.87. The van der Waals surface area contributed by atoms with Gasteiger partial charge < -0.3 is 20.0 Å². The van der Waals surface area contributed by atoms with Crippen molar-refractivity contribution in [3.63, 3.8) is 0 Å². The summed E-state index contributed by atoms with van der Waals surface area (Å²) in [5.41, 5.74) is 0. The molecule has 122 valence electrons. The highest BCUT2D eigenvalue weighted by Gasteiger charge is 2.18. The van der Waals surface area contributed by atoms with Gasteiger partial charge in [0.05, 0.1) is 13.1 Å². The monoisotopic (exact) mass is 373 g/mol. The van der Waals surface area contributed by atoms with E-state index in [0.29, 0.717) is 11.2 Å². The molecule has 7 nitrogen and oxygen atoms in total. The van der Waals surface area contributed by atoms with Crippen molar-refractivity contribution in [2.75, 3.05) is 19.6 Å². The Kier molecular flexibility index (Phi) is 7.10. The van der Waals surface area contributed by atoms with E-state index in [4.69, 9.17) is 4.42 Å². The molecule has 2 N–H and O–H groups in total. The van der Waals surface area contributed by atoms with Crippen molar-refractivity contribution in [3.8, 4) is 0 Å². The van der Waals surface area contributed by atoms with E-state index in [1.165, 1.54) is 11.0 Å². The molecule has 8 heteroatoms. The van der Waals surface area contributed by atoms with Crippen LogP contribution in [0.4, 0.5) is 0 Å². The quantitative estimate of drug-likeness (QED) is 0.749. The predicted octanol–water partition coefficient (Wildman–Crippen LogP) is 1.14. The fourth-order valence-corrected chi connectivity index (χ4v) is 2.01. The van der Waals surface area contributed by atoms with Crippen LogP contribution in [0, 0.1) is 0 Å². The topological polar surface area (TPSA) is 91.7 Å². The lowest BCUT2D eigenvalue weighted by Gasteiger charge is -2.21. The minimum atomic E-state index is -0.485. The van der Waals surface area contributed by atoms with Crippen LogP contribution in [0.15, 0.2) is 21.2 Å². The zero-order valence-corrected chi connectivity index (χ0v) is 14.4. The van der Waals surface area contributed by atoms with E-state index in [1.54, 1.807) is 13.0 Å². The van der Waals surface area contributed by atoms with E-state index in [0.717, 1.165) is 0 Å². The molecule has 0 aromatic carbocycles. The van der Waals surface area contributed by atoms with Crippen molar-refractivity contribution in [1.29, 1.82) is 0 Å². The number of rotatable bonds is 7. The van der Waals surface area contributed by atoms with Gasteiger partial charge in [-0.05, 0) is 48.8 Å².